The second-order valence-corrected chi connectivity index (χ2v) is 6.24. The van der Waals surface area contributed by atoms with Crippen molar-refractivity contribution >= 4 is 18.2 Å². The largest absolute Gasteiger partial charge is 0.497 e. The van der Waals surface area contributed by atoms with Gasteiger partial charge in [0, 0.05) is 0 Å². The van der Waals surface area contributed by atoms with Crippen molar-refractivity contribution in [1.29, 1.82) is 0 Å². The lowest BCUT2D eigenvalue weighted by molar-refractivity contribution is -0.147. The van der Waals surface area contributed by atoms with E-state index in [1.54, 1.807) is 62.6 Å². The first kappa shape index (κ1) is 22.7. The van der Waals surface area contributed by atoms with Gasteiger partial charge in [0.05, 0.1) is 13.7 Å². The van der Waals surface area contributed by atoms with Crippen molar-refractivity contribution in [2.45, 2.75) is 33.1 Å². The Kier molecular flexibility index (Phi) is 8.68. The molecule has 160 valence electrons. The third-order valence-electron chi connectivity index (χ3n) is 4.13. The third-order valence-corrected chi connectivity index (χ3v) is 4.13. The smallest absolute Gasteiger partial charge is 0.420 e. The molecule has 8 heteroatoms. The normalized spacial score (nSPS) is 11.2. The monoisotopic (exact) mass is 415 g/mol. The molecule has 2 rings (SSSR count). The van der Waals surface area contributed by atoms with Crippen LogP contribution in [0.2, 0.25) is 0 Å². The van der Waals surface area contributed by atoms with Gasteiger partial charge in [0.15, 0.2) is 0 Å². The molecule has 0 saturated heterocycles. The zero-order valence-electron chi connectivity index (χ0n) is 17.2. The van der Waals surface area contributed by atoms with E-state index in [1.165, 1.54) is 6.92 Å². The SMILES string of the molecule is CCOC(=O)[C@@H](C)N(C(=O)OCc1ccccc1)C(=O)OCc1ccc(OC)cc1. The first-order valence-corrected chi connectivity index (χ1v) is 9.42. The van der Waals surface area contributed by atoms with Crippen molar-refractivity contribution < 1.29 is 33.3 Å². The lowest BCUT2D eigenvalue weighted by atomic mass is 10.2. The number of amides is 2. The number of ether oxygens (including phenoxy) is 4. The lowest BCUT2D eigenvalue weighted by Crippen LogP contribution is -2.48. The van der Waals surface area contributed by atoms with Crippen LogP contribution in [-0.4, -0.2) is 42.8 Å². The fourth-order valence-corrected chi connectivity index (χ4v) is 2.48. The molecule has 0 aliphatic carbocycles. The molecule has 8 nitrogen and oxygen atoms in total. The summed E-state index contributed by atoms with van der Waals surface area (Å²) >= 11 is 0. The van der Waals surface area contributed by atoms with Crippen molar-refractivity contribution in [3.05, 3.63) is 65.7 Å². The fourth-order valence-electron chi connectivity index (χ4n) is 2.48. The molecular weight excluding hydrogens is 390 g/mol. The number of imide groups is 1. The highest BCUT2D eigenvalue weighted by Crippen LogP contribution is 2.14. The van der Waals surface area contributed by atoms with Crippen molar-refractivity contribution in [3.8, 4) is 5.75 Å². The highest BCUT2D eigenvalue weighted by Gasteiger charge is 2.35. The summed E-state index contributed by atoms with van der Waals surface area (Å²) < 4.78 is 20.4. The molecule has 1 atom stereocenters. The predicted molar refractivity (Wildman–Crippen MR) is 108 cm³/mol. The molecule has 30 heavy (non-hydrogen) atoms. The lowest BCUT2D eigenvalue weighted by Gasteiger charge is -2.24. The van der Waals surface area contributed by atoms with Crippen LogP contribution in [0.4, 0.5) is 9.59 Å². The third kappa shape index (κ3) is 6.51. The molecule has 0 unspecified atom stereocenters. The van der Waals surface area contributed by atoms with E-state index in [9.17, 15) is 14.4 Å². The van der Waals surface area contributed by atoms with Crippen LogP contribution in [0, 0.1) is 0 Å². The van der Waals surface area contributed by atoms with Gasteiger partial charge in [-0.1, -0.05) is 42.5 Å². The quantitative estimate of drug-likeness (QED) is 0.477. The van der Waals surface area contributed by atoms with E-state index in [4.69, 9.17) is 18.9 Å². The Balaban J connectivity index is 2.07. The van der Waals surface area contributed by atoms with E-state index in [2.05, 4.69) is 0 Å². The molecule has 0 spiro atoms. The van der Waals surface area contributed by atoms with E-state index in [1.807, 2.05) is 6.07 Å². The molecule has 0 aromatic heterocycles. The molecule has 0 fully saturated rings. The molecule has 0 bridgehead atoms. The van der Waals surface area contributed by atoms with E-state index in [-0.39, 0.29) is 19.8 Å². The van der Waals surface area contributed by atoms with Gasteiger partial charge in [0.25, 0.3) is 0 Å². The molecule has 0 heterocycles. The molecule has 2 aromatic carbocycles. The van der Waals surface area contributed by atoms with Crippen LogP contribution in [0.15, 0.2) is 54.6 Å². The van der Waals surface area contributed by atoms with Gasteiger partial charge in [0.1, 0.15) is 25.0 Å². The van der Waals surface area contributed by atoms with E-state index in [0.717, 1.165) is 5.56 Å². The van der Waals surface area contributed by atoms with Gasteiger partial charge in [-0.05, 0) is 37.1 Å². The summed E-state index contributed by atoms with van der Waals surface area (Å²) in [5.41, 5.74) is 1.42. The molecule has 0 aliphatic heterocycles. The summed E-state index contributed by atoms with van der Waals surface area (Å²) in [5, 5.41) is 0. The van der Waals surface area contributed by atoms with Crippen LogP contribution in [0.25, 0.3) is 0 Å². The van der Waals surface area contributed by atoms with Crippen LogP contribution >= 0.6 is 0 Å². The maximum atomic E-state index is 12.6. The molecule has 0 saturated carbocycles. The van der Waals surface area contributed by atoms with E-state index >= 15 is 0 Å². The highest BCUT2D eigenvalue weighted by molar-refractivity contribution is 5.93. The van der Waals surface area contributed by atoms with Crippen molar-refractivity contribution in [2.24, 2.45) is 0 Å². The van der Waals surface area contributed by atoms with E-state index < -0.39 is 24.2 Å². The predicted octanol–water partition coefficient (Wildman–Crippen LogP) is 3.92. The number of rotatable bonds is 8. The fraction of sp³-hybridized carbons (Fsp3) is 0.318. The number of carbonyl (C=O) groups is 3. The standard InChI is InChI=1S/C22H25NO7/c1-4-28-20(24)16(2)23(21(25)29-14-17-8-6-5-7-9-17)22(26)30-15-18-10-12-19(27-3)13-11-18/h5-13,16H,4,14-15H2,1-3H3/t16-/m1/s1. The Morgan fingerprint density at radius 3 is 1.87 bits per heavy atom. The van der Waals surface area contributed by atoms with Gasteiger partial charge in [0.2, 0.25) is 0 Å². The molecule has 2 amide bonds. The average Bonchev–Trinajstić information content (AvgIpc) is 2.77. The number of nitrogens with zero attached hydrogens (tertiary/aromatic N) is 1. The van der Waals surface area contributed by atoms with Crippen LogP contribution in [0.1, 0.15) is 25.0 Å². The second-order valence-electron chi connectivity index (χ2n) is 6.24. The number of carbonyl (C=O) groups excluding carboxylic acids is 3. The molecule has 0 radical (unpaired) electrons. The Bertz CT molecular complexity index is 836. The maximum Gasteiger partial charge on any atom is 0.420 e. The Morgan fingerprint density at radius 2 is 1.37 bits per heavy atom. The van der Waals surface area contributed by atoms with Gasteiger partial charge in [-0.15, -0.1) is 0 Å². The van der Waals surface area contributed by atoms with Gasteiger partial charge >= 0.3 is 18.2 Å². The molecular formula is C22H25NO7. The van der Waals surface area contributed by atoms with E-state index in [0.29, 0.717) is 16.2 Å². The van der Waals surface area contributed by atoms with Gasteiger partial charge < -0.3 is 18.9 Å². The van der Waals surface area contributed by atoms with Crippen molar-refractivity contribution in [1.82, 2.24) is 4.90 Å². The summed E-state index contributed by atoms with van der Waals surface area (Å²) in [6.07, 6.45) is -2.01. The Hall–Kier alpha value is -3.55. The summed E-state index contributed by atoms with van der Waals surface area (Å²) in [6, 6.07) is 14.6. The van der Waals surface area contributed by atoms with Crippen molar-refractivity contribution in [2.75, 3.05) is 13.7 Å². The zero-order chi connectivity index (χ0) is 21.9. The van der Waals surface area contributed by atoms with Crippen LogP contribution < -0.4 is 4.74 Å². The molecule has 0 N–H and O–H groups in total. The number of hydrogen-bond acceptors (Lipinski definition) is 7. The maximum absolute atomic E-state index is 12.6. The van der Waals surface area contributed by atoms with Crippen LogP contribution in [0.3, 0.4) is 0 Å². The summed E-state index contributed by atoms with van der Waals surface area (Å²) in [4.78, 5) is 37.9. The second kappa shape index (κ2) is 11.5. The average molecular weight is 415 g/mol. The molecule has 2 aromatic rings. The van der Waals surface area contributed by atoms with Crippen LogP contribution in [0.5, 0.6) is 5.75 Å². The molecule has 0 aliphatic rings. The van der Waals surface area contributed by atoms with Gasteiger partial charge in [-0.3, -0.25) is 0 Å². The number of hydrogen-bond donors (Lipinski definition) is 0. The minimum atomic E-state index is -1.21. The first-order chi connectivity index (χ1) is 14.5. The first-order valence-electron chi connectivity index (χ1n) is 9.42. The summed E-state index contributed by atoms with van der Waals surface area (Å²) in [6.45, 7) is 2.95. The number of esters is 1. The summed E-state index contributed by atoms with van der Waals surface area (Å²) in [5.74, 6) is -0.0808. The number of methoxy groups -OCH3 is 1. The highest BCUT2D eigenvalue weighted by atomic mass is 16.6. The minimum Gasteiger partial charge on any atom is -0.497 e. The van der Waals surface area contributed by atoms with Crippen LogP contribution in [-0.2, 0) is 32.2 Å². The Labute approximate surface area is 175 Å². The van der Waals surface area contributed by atoms with Gasteiger partial charge in [-0.25, -0.2) is 14.4 Å². The van der Waals surface area contributed by atoms with Gasteiger partial charge in [-0.2, -0.15) is 4.90 Å². The number of benzene rings is 2. The summed E-state index contributed by atoms with van der Waals surface area (Å²) in [7, 11) is 1.55. The van der Waals surface area contributed by atoms with Crippen molar-refractivity contribution in [3.63, 3.8) is 0 Å². The topological polar surface area (TPSA) is 91.4 Å². The zero-order valence-corrected chi connectivity index (χ0v) is 17.2. The minimum absolute atomic E-state index is 0.0581. The Morgan fingerprint density at radius 1 is 0.833 bits per heavy atom.